The molecule has 0 spiro atoms. The monoisotopic (exact) mass is 186 g/mol. The molecule has 0 fully saturated rings. The van der Waals surface area contributed by atoms with Crippen molar-refractivity contribution < 1.29 is 0 Å². The molecule has 0 amide bonds. The van der Waals surface area contributed by atoms with Gasteiger partial charge in [-0.2, -0.15) is 0 Å². The second-order valence-electron chi connectivity index (χ2n) is 1.77. The Morgan fingerprint density at radius 3 is 2.89 bits per heavy atom. The van der Waals surface area contributed by atoms with Gasteiger partial charge in [0, 0.05) is 22.8 Å². The molecule has 1 aromatic heterocycles. The van der Waals surface area contributed by atoms with Crippen molar-refractivity contribution in [3.8, 4) is 0 Å². The molecule has 0 bridgehead atoms. The Hall–Kier alpha value is -0.440. The zero-order chi connectivity index (χ0) is 6.69. The van der Waals surface area contributed by atoms with Crippen LogP contribution in [0.4, 0.5) is 0 Å². The standard InChI is InChI=1S/C6H7BrN2/c1-5-6(2-7)3-8-4-9-5/h3-4H,2H2,1H3. The van der Waals surface area contributed by atoms with Crippen LogP contribution in [0.1, 0.15) is 11.3 Å². The van der Waals surface area contributed by atoms with Gasteiger partial charge < -0.3 is 0 Å². The zero-order valence-corrected chi connectivity index (χ0v) is 6.72. The fourth-order valence-electron chi connectivity index (χ4n) is 0.551. The van der Waals surface area contributed by atoms with Gasteiger partial charge in [0.1, 0.15) is 6.33 Å². The largest absolute Gasteiger partial charge is 0.244 e. The summed E-state index contributed by atoms with van der Waals surface area (Å²) < 4.78 is 0. The molecule has 0 aliphatic rings. The summed E-state index contributed by atoms with van der Waals surface area (Å²) >= 11 is 3.33. The Labute approximate surface area is 62.5 Å². The summed E-state index contributed by atoms with van der Waals surface area (Å²) in [5, 5.41) is 0.833. The Morgan fingerprint density at radius 2 is 2.44 bits per heavy atom. The molecular weight excluding hydrogens is 180 g/mol. The highest BCUT2D eigenvalue weighted by atomic mass is 79.9. The maximum absolute atomic E-state index is 4.01. The van der Waals surface area contributed by atoms with E-state index in [9.17, 15) is 0 Å². The van der Waals surface area contributed by atoms with Gasteiger partial charge in [-0.15, -0.1) is 0 Å². The number of nitrogens with zero attached hydrogens (tertiary/aromatic N) is 2. The normalized spacial score (nSPS) is 9.56. The molecule has 2 nitrogen and oxygen atoms in total. The van der Waals surface area contributed by atoms with Crippen molar-refractivity contribution in [2.24, 2.45) is 0 Å². The second-order valence-corrected chi connectivity index (χ2v) is 2.33. The van der Waals surface area contributed by atoms with Crippen LogP contribution in [0.5, 0.6) is 0 Å². The highest BCUT2D eigenvalue weighted by Gasteiger charge is 1.93. The molecule has 0 aliphatic heterocycles. The summed E-state index contributed by atoms with van der Waals surface area (Å²) in [5.41, 5.74) is 2.19. The van der Waals surface area contributed by atoms with Gasteiger partial charge >= 0.3 is 0 Å². The van der Waals surface area contributed by atoms with Gasteiger partial charge in [-0.3, -0.25) is 0 Å². The lowest BCUT2D eigenvalue weighted by atomic mass is 10.3. The van der Waals surface area contributed by atoms with Gasteiger partial charge in [-0.1, -0.05) is 15.9 Å². The van der Waals surface area contributed by atoms with Crippen LogP contribution in [0.25, 0.3) is 0 Å². The average Bonchev–Trinajstić information content (AvgIpc) is 1.89. The average molecular weight is 187 g/mol. The smallest absolute Gasteiger partial charge is 0.115 e. The van der Waals surface area contributed by atoms with Gasteiger partial charge in [-0.25, -0.2) is 9.97 Å². The van der Waals surface area contributed by atoms with Crippen molar-refractivity contribution in [2.45, 2.75) is 12.3 Å². The van der Waals surface area contributed by atoms with Crippen LogP contribution < -0.4 is 0 Å². The molecule has 0 atom stereocenters. The van der Waals surface area contributed by atoms with E-state index in [1.807, 2.05) is 13.1 Å². The lowest BCUT2D eigenvalue weighted by Gasteiger charge is -1.95. The maximum Gasteiger partial charge on any atom is 0.115 e. The Bertz CT molecular complexity index is 200. The van der Waals surface area contributed by atoms with Crippen LogP contribution >= 0.6 is 15.9 Å². The minimum Gasteiger partial charge on any atom is -0.244 e. The molecule has 48 valence electrons. The number of hydrogen-bond acceptors (Lipinski definition) is 2. The van der Waals surface area contributed by atoms with E-state index in [2.05, 4.69) is 25.9 Å². The van der Waals surface area contributed by atoms with E-state index in [0.29, 0.717) is 0 Å². The predicted octanol–water partition coefficient (Wildman–Crippen LogP) is 1.68. The summed E-state index contributed by atoms with van der Waals surface area (Å²) in [4.78, 5) is 7.88. The zero-order valence-electron chi connectivity index (χ0n) is 5.13. The molecule has 0 saturated heterocycles. The lowest BCUT2D eigenvalue weighted by Crippen LogP contribution is -1.88. The van der Waals surface area contributed by atoms with E-state index in [1.54, 1.807) is 6.33 Å². The van der Waals surface area contributed by atoms with Crippen LogP contribution in [0.3, 0.4) is 0 Å². The predicted molar refractivity (Wildman–Crippen MR) is 39.4 cm³/mol. The number of hydrogen-bond donors (Lipinski definition) is 0. The van der Waals surface area contributed by atoms with Crippen LogP contribution in [0.2, 0.25) is 0 Å². The third-order valence-corrected chi connectivity index (χ3v) is 1.76. The number of aromatic nitrogens is 2. The quantitative estimate of drug-likeness (QED) is 0.625. The maximum atomic E-state index is 4.01. The summed E-state index contributed by atoms with van der Waals surface area (Å²) in [6, 6.07) is 0. The molecular formula is C6H7BrN2. The van der Waals surface area contributed by atoms with Crippen LogP contribution in [-0.4, -0.2) is 9.97 Å². The fraction of sp³-hybridized carbons (Fsp3) is 0.333. The first kappa shape index (κ1) is 6.68. The highest BCUT2D eigenvalue weighted by molar-refractivity contribution is 9.08. The number of alkyl halides is 1. The second kappa shape index (κ2) is 2.92. The van der Waals surface area contributed by atoms with Crippen molar-refractivity contribution in [3.63, 3.8) is 0 Å². The topological polar surface area (TPSA) is 25.8 Å². The van der Waals surface area contributed by atoms with Gasteiger partial charge in [-0.05, 0) is 6.92 Å². The Kier molecular flexibility index (Phi) is 2.16. The van der Waals surface area contributed by atoms with E-state index in [1.165, 1.54) is 0 Å². The first-order chi connectivity index (χ1) is 4.34. The lowest BCUT2D eigenvalue weighted by molar-refractivity contribution is 1.06. The van der Waals surface area contributed by atoms with Crippen molar-refractivity contribution in [2.75, 3.05) is 0 Å². The number of halogens is 1. The first-order valence-electron chi connectivity index (χ1n) is 2.66. The van der Waals surface area contributed by atoms with Crippen molar-refractivity contribution in [1.82, 2.24) is 9.97 Å². The number of rotatable bonds is 1. The van der Waals surface area contributed by atoms with E-state index in [0.717, 1.165) is 16.6 Å². The molecule has 0 aliphatic carbocycles. The summed E-state index contributed by atoms with van der Waals surface area (Å²) in [5.74, 6) is 0. The first-order valence-corrected chi connectivity index (χ1v) is 3.78. The van der Waals surface area contributed by atoms with Crippen molar-refractivity contribution >= 4 is 15.9 Å². The molecule has 0 radical (unpaired) electrons. The van der Waals surface area contributed by atoms with Gasteiger partial charge in [0.05, 0.1) is 0 Å². The van der Waals surface area contributed by atoms with E-state index in [4.69, 9.17) is 0 Å². The Balaban J connectivity index is 3.01. The minimum atomic E-state index is 0.833. The van der Waals surface area contributed by atoms with Crippen LogP contribution in [0.15, 0.2) is 12.5 Å². The summed E-state index contributed by atoms with van der Waals surface area (Å²) in [6.45, 7) is 1.97. The van der Waals surface area contributed by atoms with Crippen molar-refractivity contribution in [1.29, 1.82) is 0 Å². The molecule has 3 heteroatoms. The molecule has 9 heavy (non-hydrogen) atoms. The summed E-state index contributed by atoms with van der Waals surface area (Å²) in [6.07, 6.45) is 3.37. The molecule has 1 rings (SSSR count). The van der Waals surface area contributed by atoms with E-state index >= 15 is 0 Å². The van der Waals surface area contributed by atoms with Crippen LogP contribution in [0, 0.1) is 6.92 Å². The molecule has 0 saturated carbocycles. The molecule has 1 aromatic rings. The summed E-state index contributed by atoms with van der Waals surface area (Å²) in [7, 11) is 0. The van der Waals surface area contributed by atoms with E-state index < -0.39 is 0 Å². The van der Waals surface area contributed by atoms with Gasteiger partial charge in [0.25, 0.3) is 0 Å². The minimum absolute atomic E-state index is 0.833. The van der Waals surface area contributed by atoms with E-state index in [-0.39, 0.29) is 0 Å². The van der Waals surface area contributed by atoms with Gasteiger partial charge in [0.15, 0.2) is 0 Å². The SMILES string of the molecule is Cc1ncncc1CBr. The van der Waals surface area contributed by atoms with Crippen molar-refractivity contribution in [3.05, 3.63) is 23.8 Å². The molecule has 0 aromatic carbocycles. The highest BCUT2D eigenvalue weighted by Crippen LogP contribution is 2.05. The third-order valence-electron chi connectivity index (χ3n) is 1.16. The molecule has 1 heterocycles. The molecule has 0 unspecified atom stereocenters. The molecule has 0 N–H and O–H groups in total. The van der Waals surface area contributed by atoms with Crippen LogP contribution in [-0.2, 0) is 5.33 Å². The fourth-order valence-corrected chi connectivity index (χ4v) is 1.10. The van der Waals surface area contributed by atoms with Gasteiger partial charge in [0.2, 0.25) is 0 Å². The number of aryl methyl sites for hydroxylation is 1. The Morgan fingerprint density at radius 1 is 1.67 bits per heavy atom. The third kappa shape index (κ3) is 1.48.